The number of methoxy groups -OCH3 is 1. The third-order valence-electron chi connectivity index (χ3n) is 3.81. The standard InChI is InChI=1S/C17H17NO3S/c1-21-17(20)15-11-18(8-9-22-15)16(19)14-7-6-12-4-2-3-5-13(12)10-14/h2-7,10,15H,8-9,11H2,1H3/t15-/m0/s1. The van der Waals surface area contributed by atoms with Gasteiger partial charge in [0.25, 0.3) is 5.91 Å². The van der Waals surface area contributed by atoms with Gasteiger partial charge in [-0.3, -0.25) is 9.59 Å². The molecule has 5 heteroatoms. The number of thioether (sulfide) groups is 1. The molecule has 1 fully saturated rings. The summed E-state index contributed by atoms with van der Waals surface area (Å²) in [6.45, 7) is 1.06. The highest BCUT2D eigenvalue weighted by Crippen LogP contribution is 2.22. The van der Waals surface area contributed by atoms with Gasteiger partial charge in [-0.05, 0) is 22.9 Å². The first kappa shape index (κ1) is 14.9. The summed E-state index contributed by atoms with van der Waals surface area (Å²) >= 11 is 1.55. The number of ether oxygens (including phenoxy) is 1. The number of nitrogens with zero attached hydrogens (tertiary/aromatic N) is 1. The van der Waals surface area contributed by atoms with E-state index in [4.69, 9.17) is 4.74 Å². The second-order valence-corrected chi connectivity index (χ2v) is 6.51. The minimum Gasteiger partial charge on any atom is -0.468 e. The van der Waals surface area contributed by atoms with Crippen LogP contribution < -0.4 is 0 Å². The zero-order valence-corrected chi connectivity index (χ0v) is 13.1. The Morgan fingerprint density at radius 3 is 2.73 bits per heavy atom. The number of fused-ring (bicyclic) bond motifs is 1. The van der Waals surface area contributed by atoms with Crippen molar-refractivity contribution in [3.8, 4) is 0 Å². The first-order chi connectivity index (χ1) is 10.7. The Labute approximate surface area is 133 Å². The molecule has 1 atom stereocenters. The van der Waals surface area contributed by atoms with Crippen LogP contribution in [0.2, 0.25) is 0 Å². The van der Waals surface area contributed by atoms with Gasteiger partial charge < -0.3 is 9.64 Å². The topological polar surface area (TPSA) is 46.6 Å². The van der Waals surface area contributed by atoms with Gasteiger partial charge in [0.15, 0.2) is 0 Å². The Morgan fingerprint density at radius 2 is 1.95 bits per heavy atom. The van der Waals surface area contributed by atoms with E-state index < -0.39 is 0 Å². The predicted octanol–water partition coefficient (Wildman–Crippen LogP) is 2.57. The van der Waals surface area contributed by atoms with Crippen LogP contribution in [0.15, 0.2) is 42.5 Å². The van der Waals surface area contributed by atoms with Gasteiger partial charge in [-0.2, -0.15) is 0 Å². The van der Waals surface area contributed by atoms with Gasteiger partial charge >= 0.3 is 5.97 Å². The third kappa shape index (κ3) is 2.95. The summed E-state index contributed by atoms with van der Waals surface area (Å²) < 4.78 is 4.78. The molecule has 0 radical (unpaired) electrons. The molecule has 0 bridgehead atoms. The van der Waals surface area contributed by atoms with Crippen molar-refractivity contribution in [2.45, 2.75) is 5.25 Å². The quantitative estimate of drug-likeness (QED) is 0.799. The van der Waals surface area contributed by atoms with Crippen LogP contribution in [0.25, 0.3) is 10.8 Å². The van der Waals surface area contributed by atoms with Crippen LogP contribution in [0.1, 0.15) is 10.4 Å². The molecule has 114 valence electrons. The van der Waals surface area contributed by atoms with Gasteiger partial charge in [0.1, 0.15) is 5.25 Å². The lowest BCUT2D eigenvalue weighted by atomic mass is 10.1. The van der Waals surface area contributed by atoms with Crippen LogP contribution >= 0.6 is 11.8 Å². The molecule has 1 aliphatic heterocycles. The van der Waals surface area contributed by atoms with Crippen molar-refractivity contribution in [1.82, 2.24) is 4.90 Å². The van der Waals surface area contributed by atoms with Crippen LogP contribution in [0.4, 0.5) is 0 Å². The zero-order chi connectivity index (χ0) is 15.5. The molecule has 0 aromatic heterocycles. The van der Waals surface area contributed by atoms with Crippen molar-refractivity contribution >= 4 is 34.4 Å². The number of carbonyl (C=O) groups excluding carboxylic acids is 2. The number of esters is 1. The van der Waals surface area contributed by atoms with E-state index in [0.717, 1.165) is 16.5 Å². The van der Waals surface area contributed by atoms with Crippen LogP contribution in [-0.4, -0.2) is 48.0 Å². The maximum atomic E-state index is 12.7. The maximum absolute atomic E-state index is 12.7. The molecule has 2 aromatic rings. The monoisotopic (exact) mass is 315 g/mol. The normalized spacial score (nSPS) is 18.2. The number of hydrogen-bond donors (Lipinski definition) is 0. The van der Waals surface area contributed by atoms with E-state index in [2.05, 4.69) is 0 Å². The molecule has 22 heavy (non-hydrogen) atoms. The summed E-state index contributed by atoms with van der Waals surface area (Å²) in [6, 6.07) is 13.7. The number of hydrogen-bond acceptors (Lipinski definition) is 4. The number of amides is 1. The average molecular weight is 315 g/mol. The molecule has 0 spiro atoms. The summed E-state index contributed by atoms with van der Waals surface area (Å²) in [4.78, 5) is 26.1. The van der Waals surface area contributed by atoms with Crippen molar-refractivity contribution < 1.29 is 14.3 Å². The first-order valence-electron chi connectivity index (χ1n) is 7.16. The fourth-order valence-corrected chi connectivity index (χ4v) is 3.74. The predicted molar refractivity (Wildman–Crippen MR) is 88.1 cm³/mol. The van der Waals surface area contributed by atoms with Gasteiger partial charge in [0, 0.05) is 24.4 Å². The molecule has 0 unspecified atom stereocenters. The Bertz CT molecular complexity index is 716. The lowest BCUT2D eigenvalue weighted by molar-refractivity contribution is -0.140. The zero-order valence-electron chi connectivity index (χ0n) is 12.3. The molecule has 0 N–H and O–H groups in total. The SMILES string of the molecule is COC(=O)[C@@H]1CN(C(=O)c2ccc3ccccc3c2)CCS1. The van der Waals surface area contributed by atoms with E-state index in [1.54, 1.807) is 16.7 Å². The van der Waals surface area contributed by atoms with Crippen molar-refractivity contribution in [3.63, 3.8) is 0 Å². The minimum atomic E-state index is -0.289. The maximum Gasteiger partial charge on any atom is 0.320 e. The van der Waals surface area contributed by atoms with Crippen LogP contribution in [-0.2, 0) is 9.53 Å². The second kappa shape index (κ2) is 6.40. The van der Waals surface area contributed by atoms with Crippen molar-refractivity contribution in [2.24, 2.45) is 0 Å². The highest BCUT2D eigenvalue weighted by molar-refractivity contribution is 8.00. The van der Waals surface area contributed by atoms with Gasteiger partial charge in [-0.15, -0.1) is 11.8 Å². The molecular weight excluding hydrogens is 298 g/mol. The third-order valence-corrected chi connectivity index (χ3v) is 4.98. The van der Waals surface area contributed by atoms with E-state index in [1.807, 2.05) is 42.5 Å². The molecule has 1 amide bonds. The van der Waals surface area contributed by atoms with Crippen molar-refractivity contribution in [2.75, 3.05) is 26.0 Å². The summed E-state index contributed by atoms with van der Waals surface area (Å²) in [5, 5.41) is 1.87. The Hall–Kier alpha value is -2.01. The average Bonchev–Trinajstić information content (AvgIpc) is 2.60. The minimum absolute atomic E-state index is 0.0278. The van der Waals surface area contributed by atoms with E-state index in [-0.39, 0.29) is 17.1 Å². The molecule has 2 aromatic carbocycles. The second-order valence-electron chi connectivity index (χ2n) is 5.20. The van der Waals surface area contributed by atoms with E-state index >= 15 is 0 Å². The van der Waals surface area contributed by atoms with E-state index in [9.17, 15) is 9.59 Å². The lowest BCUT2D eigenvalue weighted by Gasteiger charge is -2.31. The van der Waals surface area contributed by atoms with Gasteiger partial charge in [-0.1, -0.05) is 30.3 Å². The fourth-order valence-electron chi connectivity index (χ4n) is 2.61. The molecule has 4 nitrogen and oxygen atoms in total. The molecular formula is C17H17NO3S. The van der Waals surface area contributed by atoms with Crippen LogP contribution in [0.3, 0.4) is 0 Å². The van der Waals surface area contributed by atoms with Gasteiger partial charge in [0.2, 0.25) is 0 Å². The highest BCUT2D eigenvalue weighted by atomic mass is 32.2. The Morgan fingerprint density at radius 1 is 1.18 bits per heavy atom. The summed E-state index contributed by atoms with van der Waals surface area (Å²) in [5.41, 5.74) is 0.661. The van der Waals surface area contributed by atoms with E-state index in [1.165, 1.54) is 7.11 Å². The smallest absolute Gasteiger partial charge is 0.320 e. The summed E-state index contributed by atoms with van der Waals surface area (Å²) in [5.74, 6) is 0.458. The Balaban J connectivity index is 1.81. The molecule has 1 saturated heterocycles. The first-order valence-corrected chi connectivity index (χ1v) is 8.21. The van der Waals surface area contributed by atoms with Crippen molar-refractivity contribution in [3.05, 3.63) is 48.0 Å². The van der Waals surface area contributed by atoms with Gasteiger partial charge in [-0.25, -0.2) is 0 Å². The fraction of sp³-hybridized carbons (Fsp3) is 0.294. The highest BCUT2D eigenvalue weighted by Gasteiger charge is 2.30. The number of benzene rings is 2. The molecule has 3 rings (SSSR count). The Kier molecular flexibility index (Phi) is 4.34. The molecule has 0 aliphatic carbocycles. The van der Waals surface area contributed by atoms with Crippen molar-refractivity contribution in [1.29, 1.82) is 0 Å². The summed E-state index contributed by atoms with van der Waals surface area (Å²) in [7, 11) is 1.38. The largest absolute Gasteiger partial charge is 0.468 e. The van der Waals surface area contributed by atoms with Crippen LogP contribution in [0, 0.1) is 0 Å². The molecule has 0 saturated carbocycles. The number of rotatable bonds is 2. The van der Waals surface area contributed by atoms with E-state index in [0.29, 0.717) is 18.7 Å². The lowest BCUT2D eigenvalue weighted by Crippen LogP contribution is -2.44. The number of carbonyl (C=O) groups is 2. The summed E-state index contributed by atoms with van der Waals surface area (Å²) in [6.07, 6.45) is 0. The molecule has 1 aliphatic rings. The molecule has 1 heterocycles. The van der Waals surface area contributed by atoms with Gasteiger partial charge in [0.05, 0.1) is 7.11 Å². The van der Waals surface area contributed by atoms with Crippen LogP contribution in [0.5, 0.6) is 0 Å².